The van der Waals surface area contributed by atoms with E-state index in [1.165, 1.54) is 6.33 Å². The maximum absolute atomic E-state index is 3.77. The predicted molar refractivity (Wildman–Crippen MR) is 60.8 cm³/mol. The number of nitrogens with zero attached hydrogens (tertiary/aromatic N) is 2. The largest absolute Gasteiger partial charge is 0.245 e. The van der Waals surface area contributed by atoms with Crippen LogP contribution < -0.4 is 0 Å². The van der Waals surface area contributed by atoms with E-state index in [1.807, 2.05) is 48.5 Å². The summed E-state index contributed by atoms with van der Waals surface area (Å²) >= 11 is 0. The third kappa shape index (κ3) is 18.2. The molecule has 78 valence electrons. The Labute approximate surface area is 83.4 Å². The highest BCUT2D eigenvalue weighted by molar-refractivity contribution is 4.96. The van der Waals surface area contributed by atoms with Crippen molar-refractivity contribution in [1.29, 1.82) is 0 Å². The molecule has 0 saturated heterocycles. The number of rotatable bonds is 0. The molecule has 1 aromatic rings. The fourth-order valence-electron chi connectivity index (χ4n) is 0.374. The summed E-state index contributed by atoms with van der Waals surface area (Å²) in [7, 11) is 0. The van der Waals surface area contributed by atoms with Gasteiger partial charge in [0.05, 0.1) is 0 Å². The summed E-state index contributed by atoms with van der Waals surface area (Å²) in [5, 5.41) is 0. The first-order chi connectivity index (χ1) is 6.39. The van der Waals surface area contributed by atoms with E-state index < -0.39 is 0 Å². The van der Waals surface area contributed by atoms with Crippen molar-refractivity contribution in [2.45, 2.75) is 48.5 Å². The highest BCUT2D eigenvalue weighted by Crippen LogP contribution is 1.84. The minimum absolute atomic E-state index is 1.10. The van der Waals surface area contributed by atoms with Gasteiger partial charge in [-0.1, -0.05) is 41.5 Å². The Hall–Kier alpha value is -0.920. The number of aromatic nitrogens is 2. The topological polar surface area (TPSA) is 25.8 Å². The van der Waals surface area contributed by atoms with Gasteiger partial charge in [0.2, 0.25) is 0 Å². The van der Waals surface area contributed by atoms with Gasteiger partial charge in [0.1, 0.15) is 6.33 Å². The van der Waals surface area contributed by atoms with Gasteiger partial charge in [-0.15, -0.1) is 0 Å². The third-order valence-electron chi connectivity index (χ3n) is 0.690. The zero-order valence-electron chi connectivity index (χ0n) is 10.1. The summed E-state index contributed by atoms with van der Waals surface area (Å²) < 4.78 is 0. The molecule has 0 fully saturated rings. The standard InChI is InChI=1S/C5H6N2.3C2H6/c1-5-2-6-4-7-3-5;3*1-2/h2-4H,1H3;3*1-2H3. The van der Waals surface area contributed by atoms with E-state index >= 15 is 0 Å². The summed E-state index contributed by atoms with van der Waals surface area (Å²) in [5.41, 5.74) is 1.10. The van der Waals surface area contributed by atoms with Gasteiger partial charge in [0.15, 0.2) is 0 Å². The molecule has 0 aliphatic heterocycles. The van der Waals surface area contributed by atoms with Crippen LogP contribution in [0, 0.1) is 6.92 Å². The monoisotopic (exact) mass is 184 g/mol. The Morgan fingerprint density at radius 1 is 0.769 bits per heavy atom. The van der Waals surface area contributed by atoms with E-state index in [9.17, 15) is 0 Å². The molecule has 0 saturated carbocycles. The molecule has 0 radical (unpaired) electrons. The summed E-state index contributed by atoms with van der Waals surface area (Å²) in [5.74, 6) is 0. The first kappa shape index (κ1) is 18.0. The minimum Gasteiger partial charge on any atom is -0.245 e. The highest BCUT2D eigenvalue weighted by Gasteiger charge is 1.74. The van der Waals surface area contributed by atoms with Gasteiger partial charge < -0.3 is 0 Å². The van der Waals surface area contributed by atoms with E-state index in [4.69, 9.17) is 0 Å². The normalized spacial score (nSPS) is 6.08. The molecule has 13 heavy (non-hydrogen) atoms. The van der Waals surface area contributed by atoms with E-state index in [0.717, 1.165) is 5.56 Å². The Morgan fingerprint density at radius 3 is 1.23 bits per heavy atom. The van der Waals surface area contributed by atoms with E-state index in [1.54, 1.807) is 12.4 Å². The predicted octanol–water partition coefficient (Wildman–Crippen LogP) is 3.86. The molecular formula is C11H24N2. The first-order valence-electron chi connectivity index (χ1n) is 5.11. The number of hydrogen-bond donors (Lipinski definition) is 0. The van der Waals surface area contributed by atoms with Crippen LogP contribution in [-0.2, 0) is 0 Å². The molecule has 1 rings (SSSR count). The Morgan fingerprint density at radius 2 is 1.08 bits per heavy atom. The molecule has 2 heteroatoms. The highest BCUT2D eigenvalue weighted by atomic mass is 14.8. The Kier molecular flexibility index (Phi) is 31.1. The molecule has 0 unspecified atom stereocenters. The molecule has 0 aromatic carbocycles. The van der Waals surface area contributed by atoms with Gasteiger partial charge in [-0.05, 0) is 12.5 Å². The number of aryl methyl sites for hydroxylation is 1. The summed E-state index contributed by atoms with van der Waals surface area (Å²) in [6.45, 7) is 14.0. The molecule has 0 aliphatic carbocycles. The molecule has 1 heterocycles. The van der Waals surface area contributed by atoms with Crippen molar-refractivity contribution in [3.05, 3.63) is 24.3 Å². The lowest BCUT2D eigenvalue weighted by Crippen LogP contribution is -1.75. The quantitative estimate of drug-likeness (QED) is 0.612. The lowest BCUT2D eigenvalue weighted by atomic mass is 10.4. The SMILES string of the molecule is CC.CC.CC.Cc1cncnc1. The van der Waals surface area contributed by atoms with E-state index in [-0.39, 0.29) is 0 Å². The molecule has 0 N–H and O–H groups in total. The molecule has 0 aliphatic rings. The van der Waals surface area contributed by atoms with Gasteiger partial charge in [0, 0.05) is 12.4 Å². The van der Waals surface area contributed by atoms with Crippen LogP contribution in [0.3, 0.4) is 0 Å². The van der Waals surface area contributed by atoms with Crippen molar-refractivity contribution in [2.75, 3.05) is 0 Å². The van der Waals surface area contributed by atoms with Gasteiger partial charge >= 0.3 is 0 Å². The average Bonchev–Trinajstić information content (AvgIpc) is 2.28. The molecular weight excluding hydrogens is 160 g/mol. The second kappa shape index (κ2) is 22.5. The lowest BCUT2D eigenvalue weighted by molar-refractivity contribution is 1.13. The van der Waals surface area contributed by atoms with Crippen LogP contribution >= 0.6 is 0 Å². The first-order valence-corrected chi connectivity index (χ1v) is 5.11. The van der Waals surface area contributed by atoms with Crippen LogP contribution in [-0.4, -0.2) is 9.97 Å². The fourth-order valence-corrected chi connectivity index (χ4v) is 0.374. The van der Waals surface area contributed by atoms with Crippen molar-refractivity contribution in [3.8, 4) is 0 Å². The van der Waals surface area contributed by atoms with Gasteiger partial charge in [-0.2, -0.15) is 0 Å². The van der Waals surface area contributed by atoms with Crippen molar-refractivity contribution in [1.82, 2.24) is 9.97 Å². The van der Waals surface area contributed by atoms with Crippen LogP contribution in [0.1, 0.15) is 47.1 Å². The maximum Gasteiger partial charge on any atom is 0.115 e. The average molecular weight is 184 g/mol. The molecule has 0 amide bonds. The molecule has 2 nitrogen and oxygen atoms in total. The van der Waals surface area contributed by atoms with Crippen molar-refractivity contribution in [2.24, 2.45) is 0 Å². The van der Waals surface area contributed by atoms with E-state index in [2.05, 4.69) is 9.97 Å². The zero-order valence-corrected chi connectivity index (χ0v) is 10.1. The Bertz CT molecular complexity index is 138. The minimum atomic E-state index is 1.10. The van der Waals surface area contributed by atoms with Crippen molar-refractivity contribution < 1.29 is 0 Å². The van der Waals surface area contributed by atoms with Crippen LogP contribution in [0.15, 0.2) is 18.7 Å². The summed E-state index contributed by atoms with van der Waals surface area (Å²) in [6, 6.07) is 0. The smallest absolute Gasteiger partial charge is 0.115 e. The molecule has 0 atom stereocenters. The van der Waals surface area contributed by atoms with Crippen molar-refractivity contribution in [3.63, 3.8) is 0 Å². The van der Waals surface area contributed by atoms with Crippen LogP contribution in [0.4, 0.5) is 0 Å². The van der Waals surface area contributed by atoms with Gasteiger partial charge in [-0.25, -0.2) is 9.97 Å². The zero-order chi connectivity index (χ0) is 11.1. The van der Waals surface area contributed by atoms with Gasteiger partial charge in [-0.3, -0.25) is 0 Å². The number of hydrogen-bond acceptors (Lipinski definition) is 2. The van der Waals surface area contributed by atoms with E-state index in [0.29, 0.717) is 0 Å². The lowest BCUT2D eigenvalue weighted by Gasteiger charge is -1.81. The fraction of sp³-hybridized carbons (Fsp3) is 0.636. The third-order valence-corrected chi connectivity index (χ3v) is 0.690. The second-order valence-corrected chi connectivity index (χ2v) is 1.42. The molecule has 0 spiro atoms. The van der Waals surface area contributed by atoms with Gasteiger partial charge in [0.25, 0.3) is 0 Å². The van der Waals surface area contributed by atoms with Crippen LogP contribution in [0.5, 0.6) is 0 Å². The van der Waals surface area contributed by atoms with Crippen molar-refractivity contribution >= 4 is 0 Å². The maximum atomic E-state index is 3.77. The molecule has 1 aromatic heterocycles. The van der Waals surface area contributed by atoms with Crippen LogP contribution in [0.25, 0.3) is 0 Å². The molecule has 0 bridgehead atoms. The second-order valence-electron chi connectivity index (χ2n) is 1.42. The summed E-state index contributed by atoms with van der Waals surface area (Å²) in [6.07, 6.45) is 5.06. The summed E-state index contributed by atoms with van der Waals surface area (Å²) in [4.78, 5) is 7.55. The van der Waals surface area contributed by atoms with Crippen LogP contribution in [0.2, 0.25) is 0 Å². The Balaban J connectivity index is -0.000000144.